The van der Waals surface area contributed by atoms with E-state index in [-0.39, 0.29) is 0 Å². The fourth-order valence-corrected chi connectivity index (χ4v) is 2.12. The van der Waals surface area contributed by atoms with Crippen molar-refractivity contribution in [1.82, 2.24) is 4.98 Å². The first-order valence-corrected chi connectivity index (χ1v) is 6.25. The number of benzene rings is 1. The number of rotatable bonds is 4. The van der Waals surface area contributed by atoms with Gasteiger partial charge in [0.15, 0.2) is 0 Å². The zero-order chi connectivity index (χ0) is 12.3. The summed E-state index contributed by atoms with van der Waals surface area (Å²) in [6.45, 7) is 1.05. The molecule has 0 bridgehead atoms. The van der Waals surface area contributed by atoms with E-state index < -0.39 is 0 Å². The average Bonchev–Trinajstić information content (AvgIpc) is 2.31. The highest BCUT2D eigenvalue weighted by Crippen LogP contribution is 2.32. The normalized spacial score (nSPS) is 10.8. The van der Waals surface area contributed by atoms with Crippen LogP contribution in [0.3, 0.4) is 0 Å². The van der Waals surface area contributed by atoms with Gasteiger partial charge in [-0.25, -0.2) is 0 Å². The Hall–Kier alpha value is -0.840. The quantitative estimate of drug-likeness (QED) is 0.806. The molecule has 1 aromatic carbocycles. The van der Waals surface area contributed by atoms with E-state index >= 15 is 0 Å². The smallest absolute Gasteiger partial charge is 0.135 e. The van der Waals surface area contributed by atoms with Gasteiger partial charge in [0.05, 0.1) is 21.6 Å². The highest BCUT2D eigenvalue weighted by Gasteiger charge is 2.07. The predicted octanol–water partition coefficient (Wildman–Crippen LogP) is 3.68. The van der Waals surface area contributed by atoms with Crippen LogP contribution in [0.25, 0.3) is 10.9 Å². The maximum absolute atomic E-state index is 6.09. The second-order valence-electron chi connectivity index (χ2n) is 3.43. The molecule has 1 aromatic heterocycles. The molecule has 5 heteroatoms. The third-order valence-corrected chi connectivity index (χ3v) is 3.24. The van der Waals surface area contributed by atoms with Gasteiger partial charge in [0.1, 0.15) is 12.4 Å². The van der Waals surface area contributed by atoms with Crippen LogP contribution in [0.5, 0.6) is 5.75 Å². The molecule has 0 N–H and O–H groups in total. The van der Waals surface area contributed by atoms with Gasteiger partial charge in [-0.1, -0.05) is 11.6 Å². The predicted molar refractivity (Wildman–Crippen MR) is 71.8 cm³/mol. The lowest BCUT2D eigenvalue weighted by Gasteiger charge is -2.09. The Morgan fingerprint density at radius 1 is 1.35 bits per heavy atom. The summed E-state index contributed by atoms with van der Waals surface area (Å²) in [6.07, 6.45) is 1.68. The summed E-state index contributed by atoms with van der Waals surface area (Å²) >= 11 is 9.54. The van der Waals surface area contributed by atoms with Crippen LogP contribution in [0.4, 0.5) is 0 Å². The van der Waals surface area contributed by atoms with E-state index in [2.05, 4.69) is 20.9 Å². The summed E-state index contributed by atoms with van der Waals surface area (Å²) in [6, 6.07) is 5.54. The van der Waals surface area contributed by atoms with E-state index in [4.69, 9.17) is 21.1 Å². The van der Waals surface area contributed by atoms with E-state index in [0.717, 1.165) is 21.1 Å². The van der Waals surface area contributed by atoms with Crippen molar-refractivity contribution in [3.8, 4) is 5.75 Å². The fourth-order valence-electron chi connectivity index (χ4n) is 1.46. The minimum Gasteiger partial charge on any atom is -0.490 e. The van der Waals surface area contributed by atoms with Crippen molar-refractivity contribution < 1.29 is 9.47 Å². The fraction of sp³-hybridized carbons (Fsp3) is 0.250. The Labute approximate surface area is 113 Å². The lowest BCUT2D eigenvalue weighted by molar-refractivity contribution is 0.146. The second kappa shape index (κ2) is 5.67. The van der Waals surface area contributed by atoms with Crippen LogP contribution < -0.4 is 4.74 Å². The topological polar surface area (TPSA) is 31.4 Å². The maximum Gasteiger partial charge on any atom is 0.135 e. The van der Waals surface area contributed by atoms with E-state index in [0.29, 0.717) is 18.2 Å². The van der Waals surface area contributed by atoms with Crippen molar-refractivity contribution >= 4 is 38.4 Å². The summed E-state index contributed by atoms with van der Waals surface area (Å²) in [5.41, 5.74) is 0.813. The van der Waals surface area contributed by atoms with Crippen molar-refractivity contribution in [1.29, 1.82) is 0 Å². The zero-order valence-corrected chi connectivity index (χ0v) is 11.6. The highest BCUT2D eigenvalue weighted by molar-refractivity contribution is 9.10. The molecule has 0 saturated carbocycles. The third-order valence-electron chi connectivity index (χ3n) is 2.29. The molecule has 0 aliphatic rings. The van der Waals surface area contributed by atoms with Crippen LogP contribution >= 0.6 is 27.5 Å². The van der Waals surface area contributed by atoms with E-state index in [1.807, 2.05) is 12.1 Å². The molecule has 0 aliphatic heterocycles. The first-order chi connectivity index (χ1) is 8.22. The van der Waals surface area contributed by atoms with Crippen molar-refractivity contribution in [2.75, 3.05) is 20.3 Å². The molecule has 0 amide bonds. The molecule has 17 heavy (non-hydrogen) atoms. The number of fused-ring (bicyclic) bond motifs is 1. The highest BCUT2D eigenvalue weighted by atomic mass is 79.9. The minimum absolute atomic E-state index is 0.501. The van der Waals surface area contributed by atoms with Crippen molar-refractivity contribution in [3.63, 3.8) is 0 Å². The standard InChI is InChI=1S/C12H11BrClNO2/c1-16-4-5-17-12-7-11-8(6-9(12)13)10(14)2-3-15-11/h2-3,6-7H,4-5H2,1H3. The molecule has 0 atom stereocenters. The molecule has 3 nitrogen and oxygen atoms in total. The van der Waals surface area contributed by atoms with Gasteiger partial charge in [0.25, 0.3) is 0 Å². The Morgan fingerprint density at radius 2 is 2.18 bits per heavy atom. The molecule has 2 aromatic rings. The van der Waals surface area contributed by atoms with Gasteiger partial charge in [0, 0.05) is 24.8 Å². The molecule has 90 valence electrons. The summed E-state index contributed by atoms with van der Waals surface area (Å²) in [5.74, 6) is 0.740. The van der Waals surface area contributed by atoms with Gasteiger partial charge in [-0.3, -0.25) is 4.98 Å². The van der Waals surface area contributed by atoms with Gasteiger partial charge in [-0.05, 0) is 28.1 Å². The molecule has 0 unspecified atom stereocenters. The van der Waals surface area contributed by atoms with Gasteiger partial charge in [-0.2, -0.15) is 0 Å². The summed E-state index contributed by atoms with van der Waals surface area (Å²) in [4.78, 5) is 4.26. The Kier molecular flexibility index (Phi) is 4.20. The first kappa shape index (κ1) is 12.6. The number of pyridine rings is 1. The van der Waals surface area contributed by atoms with Crippen LogP contribution in [0, 0.1) is 0 Å². The first-order valence-electron chi connectivity index (χ1n) is 5.08. The Morgan fingerprint density at radius 3 is 2.94 bits per heavy atom. The maximum atomic E-state index is 6.09. The van der Waals surface area contributed by atoms with Gasteiger partial charge in [-0.15, -0.1) is 0 Å². The molecular formula is C12H11BrClNO2. The monoisotopic (exact) mass is 315 g/mol. The SMILES string of the molecule is COCCOc1cc2nccc(Cl)c2cc1Br. The Balaban J connectivity index is 2.35. The summed E-state index contributed by atoms with van der Waals surface area (Å²) in [5, 5.41) is 1.58. The largest absolute Gasteiger partial charge is 0.490 e. The molecule has 2 rings (SSSR count). The lowest BCUT2D eigenvalue weighted by atomic mass is 10.2. The third kappa shape index (κ3) is 2.89. The van der Waals surface area contributed by atoms with E-state index in [1.54, 1.807) is 19.4 Å². The Bertz CT molecular complexity index is 533. The van der Waals surface area contributed by atoms with Crippen LogP contribution in [-0.2, 0) is 4.74 Å². The van der Waals surface area contributed by atoms with Gasteiger partial charge >= 0.3 is 0 Å². The number of hydrogen-bond donors (Lipinski definition) is 0. The molecule has 0 spiro atoms. The second-order valence-corrected chi connectivity index (χ2v) is 4.70. The minimum atomic E-state index is 0.501. The molecule has 0 aliphatic carbocycles. The van der Waals surface area contributed by atoms with E-state index in [1.165, 1.54) is 0 Å². The summed E-state index contributed by atoms with van der Waals surface area (Å²) < 4.78 is 11.4. The van der Waals surface area contributed by atoms with Crippen LogP contribution in [0.15, 0.2) is 28.9 Å². The van der Waals surface area contributed by atoms with Crippen LogP contribution in [0.1, 0.15) is 0 Å². The van der Waals surface area contributed by atoms with Crippen LogP contribution in [-0.4, -0.2) is 25.3 Å². The summed E-state index contributed by atoms with van der Waals surface area (Å²) in [7, 11) is 1.64. The number of hydrogen-bond acceptors (Lipinski definition) is 3. The molecule has 1 heterocycles. The molecular weight excluding hydrogens is 305 g/mol. The lowest BCUT2D eigenvalue weighted by Crippen LogP contribution is -2.04. The van der Waals surface area contributed by atoms with Crippen molar-refractivity contribution in [3.05, 3.63) is 33.9 Å². The van der Waals surface area contributed by atoms with E-state index in [9.17, 15) is 0 Å². The van der Waals surface area contributed by atoms with Gasteiger partial charge in [0.2, 0.25) is 0 Å². The van der Waals surface area contributed by atoms with Crippen molar-refractivity contribution in [2.45, 2.75) is 0 Å². The number of aromatic nitrogens is 1. The number of nitrogens with zero attached hydrogens (tertiary/aromatic N) is 1. The molecule has 0 radical (unpaired) electrons. The van der Waals surface area contributed by atoms with Crippen molar-refractivity contribution in [2.24, 2.45) is 0 Å². The van der Waals surface area contributed by atoms with Gasteiger partial charge < -0.3 is 9.47 Å². The number of halogens is 2. The number of methoxy groups -OCH3 is 1. The molecule has 0 saturated heterocycles. The average molecular weight is 317 g/mol. The zero-order valence-electron chi connectivity index (χ0n) is 9.24. The number of ether oxygens (including phenoxy) is 2. The molecule has 0 fully saturated rings. The van der Waals surface area contributed by atoms with Crippen LogP contribution in [0.2, 0.25) is 5.02 Å².